The molecule has 1 heterocycles. The lowest BCUT2D eigenvalue weighted by atomic mass is 10.2. The van der Waals surface area contributed by atoms with Crippen LogP contribution in [0.4, 0.5) is 0 Å². The summed E-state index contributed by atoms with van der Waals surface area (Å²) in [6.07, 6.45) is 4.24. The molecule has 5 nitrogen and oxygen atoms in total. The number of para-hydroxylation sites is 1. The molecule has 0 saturated heterocycles. The molecule has 0 saturated carbocycles. The molecule has 6 heteroatoms. The number of thiazole rings is 1. The fourth-order valence-corrected chi connectivity index (χ4v) is 2.62. The highest BCUT2D eigenvalue weighted by Gasteiger charge is 2.14. The summed E-state index contributed by atoms with van der Waals surface area (Å²) >= 11 is 1.39. The normalized spacial score (nSPS) is 10.8. The predicted molar refractivity (Wildman–Crippen MR) is 81.9 cm³/mol. The quantitative estimate of drug-likeness (QED) is 0.829. The lowest BCUT2D eigenvalue weighted by Crippen LogP contribution is -1.97. The van der Waals surface area contributed by atoms with Crippen molar-refractivity contribution in [2.24, 2.45) is 0 Å². The number of benzene rings is 1. The van der Waals surface area contributed by atoms with Gasteiger partial charge in [0.05, 0.1) is 19.3 Å². The molecule has 0 radical (unpaired) electrons. The molecule has 1 aromatic carbocycles. The van der Waals surface area contributed by atoms with Crippen LogP contribution in [0.2, 0.25) is 0 Å². The van der Waals surface area contributed by atoms with Crippen molar-refractivity contribution in [3.8, 4) is 22.1 Å². The minimum Gasteiger partial charge on any atom is -0.493 e. The SMILES string of the molecule is CCOc1c(OC)cccc1-c1ncc(/C=C/C(=O)O)s1. The minimum absolute atomic E-state index is 0.518. The summed E-state index contributed by atoms with van der Waals surface area (Å²) in [5, 5.41) is 9.39. The summed E-state index contributed by atoms with van der Waals surface area (Å²) in [5.74, 6) is 0.305. The highest BCUT2D eigenvalue weighted by Crippen LogP contribution is 2.39. The second-order valence-electron chi connectivity index (χ2n) is 4.01. The van der Waals surface area contributed by atoms with E-state index in [9.17, 15) is 4.79 Å². The van der Waals surface area contributed by atoms with Crippen LogP contribution < -0.4 is 9.47 Å². The van der Waals surface area contributed by atoms with Gasteiger partial charge < -0.3 is 14.6 Å². The van der Waals surface area contributed by atoms with Gasteiger partial charge in [-0.2, -0.15) is 0 Å². The molecule has 21 heavy (non-hydrogen) atoms. The Bertz CT molecular complexity index is 663. The number of hydrogen-bond acceptors (Lipinski definition) is 5. The lowest BCUT2D eigenvalue weighted by Gasteiger charge is -2.12. The van der Waals surface area contributed by atoms with Crippen LogP contribution in [-0.2, 0) is 4.79 Å². The number of carboxylic acids is 1. The van der Waals surface area contributed by atoms with Crippen molar-refractivity contribution < 1.29 is 19.4 Å². The number of aromatic nitrogens is 1. The molecule has 0 bridgehead atoms. The number of carbonyl (C=O) groups is 1. The Labute approximate surface area is 126 Å². The maximum absolute atomic E-state index is 10.5. The summed E-state index contributed by atoms with van der Waals surface area (Å²) in [6.45, 7) is 2.42. The van der Waals surface area contributed by atoms with E-state index in [2.05, 4.69) is 4.98 Å². The fourth-order valence-electron chi connectivity index (χ4n) is 1.78. The maximum atomic E-state index is 10.5. The molecule has 0 aliphatic rings. The van der Waals surface area contributed by atoms with Gasteiger partial charge in [-0.15, -0.1) is 11.3 Å². The highest BCUT2D eigenvalue weighted by atomic mass is 32.1. The first-order valence-corrected chi connectivity index (χ1v) is 7.14. The Morgan fingerprint density at radius 2 is 2.29 bits per heavy atom. The Kier molecular flexibility index (Phi) is 4.94. The van der Waals surface area contributed by atoms with Crippen LogP contribution in [0.5, 0.6) is 11.5 Å². The molecular formula is C15H15NO4S. The molecule has 0 spiro atoms. The molecule has 0 unspecified atom stereocenters. The molecule has 1 aromatic heterocycles. The Hall–Kier alpha value is -2.34. The molecule has 1 N–H and O–H groups in total. The second kappa shape index (κ2) is 6.90. The predicted octanol–water partition coefficient (Wildman–Crippen LogP) is 3.32. The topological polar surface area (TPSA) is 68.7 Å². The van der Waals surface area contributed by atoms with Gasteiger partial charge in [0.1, 0.15) is 5.01 Å². The van der Waals surface area contributed by atoms with Crippen molar-refractivity contribution >= 4 is 23.4 Å². The maximum Gasteiger partial charge on any atom is 0.328 e. The van der Waals surface area contributed by atoms with Crippen LogP contribution in [0.25, 0.3) is 16.6 Å². The lowest BCUT2D eigenvalue weighted by molar-refractivity contribution is -0.131. The molecule has 2 aromatic rings. The van der Waals surface area contributed by atoms with Crippen LogP contribution in [0.15, 0.2) is 30.5 Å². The Morgan fingerprint density at radius 1 is 1.48 bits per heavy atom. The van der Waals surface area contributed by atoms with Crippen LogP contribution in [0.3, 0.4) is 0 Å². The zero-order valence-corrected chi connectivity index (χ0v) is 12.5. The van der Waals surface area contributed by atoms with Gasteiger partial charge in [0.15, 0.2) is 11.5 Å². The summed E-state index contributed by atoms with van der Waals surface area (Å²) in [5.41, 5.74) is 0.830. The molecule has 110 valence electrons. The summed E-state index contributed by atoms with van der Waals surface area (Å²) in [4.78, 5) is 15.6. The van der Waals surface area contributed by atoms with E-state index >= 15 is 0 Å². The average molecular weight is 305 g/mol. The molecule has 0 amide bonds. The van der Waals surface area contributed by atoms with Gasteiger partial charge in [-0.3, -0.25) is 0 Å². The first-order chi connectivity index (χ1) is 10.2. The number of methoxy groups -OCH3 is 1. The van der Waals surface area contributed by atoms with Crippen molar-refractivity contribution in [2.75, 3.05) is 13.7 Å². The van der Waals surface area contributed by atoms with Gasteiger partial charge in [-0.25, -0.2) is 9.78 Å². The number of rotatable bonds is 6. The van der Waals surface area contributed by atoms with Crippen LogP contribution in [0.1, 0.15) is 11.8 Å². The Balaban J connectivity index is 2.40. The largest absolute Gasteiger partial charge is 0.493 e. The van der Waals surface area contributed by atoms with Gasteiger partial charge >= 0.3 is 5.97 Å². The third kappa shape index (κ3) is 3.61. The molecular weight excluding hydrogens is 290 g/mol. The number of aliphatic carboxylic acids is 1. The standard InChI is InChI=1S/C15H15NO4S/c1-3-20-14-11(5-4-6-12(14)19-2)15-16-9-10(21-15)7-8-13(17)18/h4-9H,3H2,1-2H3,(H,17,18)/b8-7+. The van der Waals surface area contributed by atoms with Crippen molar-refractivity contribution in [3.63, 3.8) is 0 Å². The van der Waals surface area contributed by atoms with Crippen LogP contribution in [0, 0.1) is 0 Å². The van der Waals surface area contributed by atoms with E-state index in [1.54, 1.807) is 13.3 Å². The summed E-state index contributed by atoms with van der Waals surface area (Å²) in [7, 11) is 1.59. The van der Waals surface area contributed by atoms with Crippen molar-refractivity contribution in [2.45, 2.75) is 6.92 Å². The van der Waals surface area contributed by atoms with Gasteiger partial charge in [0.2, 0.25) is 0 Å². The fraction of sp³-hybridized carbons (Fsp3) is 0.200. The van der Waals surface area contributed by atoms with Crippen molar-refractivity contribution in [1.29, 1.82) is 0 Å². The van der Waals surface area contributed by atoms with Gasteiger partial charge in [-0.1, -0.05) is 6.07 Å². The first kappa shape index (κ1) is 15.1. The Morgan fingerprint density at radius 3 is 2.95 bits per heavy atom. The number of nitrogens with zero attached hydrogens (tertiary/aromatic N) is 1. The molecule has 2 rings (SSSR count). The molecule has 0 atom stereocenters. The van der Waals surface area contributed by atoms with Crippen LogP contribution in [-0.4, -0.2) is 29.8 Å². The van der Waals surface area contributed by atoms with E-state index in [1.165, 1.54) is 17.4 Å². The third-order valence-corrected chi connectivity index (χ3v) is 3.63. The number of carboxylic acid groups (broad SMARTS) is 1. The molecule has 0 fully saturated rings. The van der Waals surface area contributed by atoms with E-state index in [4.69, 9.17) is 14.6 Å². The van der Waals surface area contributed by atoms with Gasteiger partial charge in [-0.05, 0) is 25.1 Å². The van der Waals surface area contributed by atoms with E-state index in [1.807, 2.05) is 25.1 Å². The van der Waals surface area contributed by atoms with Crippen molar-refractivity contribution in [1.82, 2.24) is 4.98 Å². The van der Waals surface area contributed by atoms with E-state index in [0.29, 0.717) is 18.1 Å². The first-order valence-electron chi connectivity index (χ1n) is 6.32. The molecule has 0 aliphatic carbocycles. The average Bonchev–Trinajstić information content (AvgIpc) is 2.94. The van der Waals surface area contributed by atoms with Gasteiger partial charge in [0, 0.05) is 17.2 Å². The van der Waals surface area contributed by atoms with Gasteiger partial charge in [0.25, 0.3) is 0 Å². The molecule has 0 aliphatic heterocycles. The van der Waals surface area contributed by atoms with E-state index < -0.39 is 5.97 Å². The van der Waals surface area contributed by atoms with Crippen LogP contribution >= 0.6 is 11.3 Å². The number of ether oxygens (including phenoxy) is 2. The third-order valence-electron chi connectivity index (χ3n) is 2.63. The smallest absolute Gasteiger partial charge is 0.328 e. The highest BCUT2D eigenvalue weighted by molar-refractivity contribution is 7.15. The second-order valence-corrected chi connectivity index (χ2v) is 5.07. The summed E-state index contributed by atoms with van der Waals surface area (Å²) < 4.78 is 11.0. The zero-order valence-electron chi connectivity index (χ0n) is 11.7. The number of hydrogen-bond donors (Lipinski definition) is 1. The summed E-state index contributed by atoms with van der Waals surface area (Å²) in [6, 6.07) is 5.59. The minimum atomic E-state index is -0.985. The van der Waals surface area contributed by atoms with E-state index in [-0.39, 0.29) is 0 Å². The monoisotopic (exact) mass is 305 g/mol. The van der Waals surface area contributed by atoms with Crippen molar-refractivity contribution in [3.05, 3.63) is 35.3 Å². The zero-order chi connectivity index (χ0) is 15.2. The van der Waals surface area contributed by atoms with E-state index in [0.717, 1.165) is 21.5 Å².